The maximum atomic E-state index is 6.14. The second kappa shape index (κ2) is 4.24. The Hall–Kier alpha value is -1.53. The van der Waals surface area contributed by atoms with Crippen molar-refractivity contribution in [2.45, 2.75) is 52.7 Å². The Balaban J connectivity index is 2.17. The van der Waals surface area contributed by atoms with Gasteiger partial charge in [0.15, 0.2) is 0 Å². The van der Waals surface area contributed by atoms with E-state index in [0.717, 1.165) is 27.6 Å². The van der Waals surface area contributed by atoms with Gasteiger partial charge in [0.05, 0.1) is 22.4 Å². The Labute approximate surface area is 125 Å². The monoisotopic (exact) mass is 287 g/mol. The largest absolute Gasteiger partial charge is 0.497 e. The molecule has 0 amide bonds. The van der Waals surface area contributed by atoms with E-state index >= 15 is 0 Å². The van der Waals surface area contributed by atoms with Crippen LogP contribution in [0.1, 0.15) is 39.0 Å². The lowest BCUT2D eigenvalue weighted by molar-refractivity contribution is 0.00578. The summed E-state index contributed by atoms with van der Waals surface area (Å²) in [5.41, 5.74) is 3.14. The van der Waals surface area contributed by atoms with Crippen LogP contribution in [-0.4, -0.2) is 28.2 Å². The smallest absolute Gasteiger partial charge is 0.399 e. The van der Waals surface area contributed by atoms with Crippen LogP contribution in [0.2, 0.25) is 0 Å². The first-order valence-electron chi connectivity index (χ1n) is 7.23. The Morgan fingerprint density at radius 3 is 2.24 bits per heavy atom. The highest BCUT2D eigenvalue weighted by Crippen LogP contribution is 2.37. The van der Waals surface area contributed by atoms with Crippen LogP contribution < -0.4 is 11.3 Å². The van der Waals surface area contributed by atoms with Crippen LogP contribution >= 0.6 is 0 Å². The molecular formula is C15H22BN3O2. The van der Waals surface area contributed by atoms with E-state index < -0.39 is 7.12 Å². The van der Waals surface area contributed by atoms with E-state index in [1.807, 2.05) is 40.7 Å². The van der Waals surface area contributed by atoms with Crippen molar-refractivity contribution in [3.8, 4) is 0 Å². The van der Waals surface area contributed by atoms with Gasteiger partial charge >= 0.3 is 7.12 Å². The third-order valence-corrected chi connectivity index (χ3v) is 4.77. The Kier molecular flexibility index (Phi) is 2.91. The molecule has 1 saturated heterocycles. The maximum absolute atomic E-state index is 6.14. The molecule has 1 aliphatic rings. The van der Waals surface area contributed by atoms with Gasteiger partial charge in [-0.05, 0) is 47.1 Å². The van der Waals surface area contributed by atoms with Crippen molar-refractivity contribution in [2.24, 2.45) is 0 Å². The van der Waals surface area contributed by atoms with Crippen LogP contribution in [0.5, 0.6) is 0 Å². The first kappa shape index (κ1) is 14.4. The third-order valence-electron chi connectivity index (χ3n) is 4.77. The number of fused-ring (bicyclic) bond motifs is 1. The van der Waals surface area contributed by atoms with Gasteiger partial charge in [0, 0.05) is 10.8 Å². The van der Waals surface area contributed by atoms with Crippen molar-refractivity contribution in [1.82, 2.24) is 9.89 Å². The van der Waals surface area contributed by atoms with E-state index in [9.17, 15) is 0 Å². The van der Waals surface area contributed by atoms with Crippen LogP contribution in [0, 0.1) is 13.8 Å². The van der Waals surface area contributed by atoms with Crippen LogP contribution in [0.25, 0.3) is 10.9 Å². The zero-order valence-electron chi connectivity index (χ0n) is 13.5. The summed E-state index contributed by atoms with van der Waals surface area (Å²) >= 11 is 0. The number of hydrogen-bond acceptors (Lipinski definition) is 4. The van der Waals surface area contributed by atoms with Crippen molar-refractivity contribution < 1.29 is 9.31 Å². The molecule has 0 saturated carbocycles. The molecule has 2 N–H and O–H groups in total. The summed E-state index contributed by atoms with van der Waals surface area (Å²) in [5.74, 6) is 6.04. The van der Waals surface area contributed by atoms with Crippen LogP contribution in [0.3, 0.4) is 0 Å². The number of nitrogens with two attached hydrogens (primary N) is 1. The minimum Gasteiger partial charge on any atom is -0.399 e. The minimum atomic E-state index is -0.434. The number of hydrogen-bond donors (Lipinski definition) is 1. The third kappa shape index (κ3) is 1.97. The Morgan fingerprint density at radius 1 is 1.10 bits per heavy atom. The average Bonchev–Trinajstić information content (AvgIpc) is 2.75. The highest BCUT2D eigenvalue weighted by molar-refractivity contribution is 6.65. The second-order valence-corrected chi connectivity index (χ2v) is 6.81. The Bertz CT molecular complexity index is 705. The highest BCUT2D eigenvalue weighted by atomic mass is 16.7. The van der Waals surface area contributed by atoms with Gasteiger partial charge in [0.25, 0.3) is 0 Å². The van der Waals surface area contributed by atoms with Crippen molar-refractivity contribution in [1.29, 1.82) is 0 Å². The van der Waals surface area contributed by atoms with Crippen LogP contribution in [0.15, 0.2) is 12.1 Å². The molecule has 1 aliphatic heterocycles. The zero-order valence-corrected chi connectivity index (χ0v) is 13.5. The lowest BCUT2D eigenvalue weighted by Gasteiger charge is -2.32. The molecule has 2 heterocycles. The van der Waals surface area contributed by atoms with E-state index in [2.05, 4.69) is 18.1 Å². The lowest BCUT2D eigenvalue weighted by Crippen LogP contribution is -2.41. The van der Waals surface area contributed by atoms with Crippen molar-refractivity contribution in [3.05, 3.63) is 23.4 Å². The number of rotatable bonds is 1. The predicted molar refractivity (Wildman–Crippen MR) is 85.1 cm³/mol. The van der Waals surface area contributed by atoms with Crippen molar-refractivity contribution in [2.75, 3.05) is 5.84 Å². The maximum Gasteiger partial charge on any atom is 0.497 e. The molecule has 0 unspecified atom stereocenters. The number of nitrogens with zero attached hydrogens (tertiary/aromatic N) is 2. The fourth-order valence-electron chi connectivity index (χ4n) is 2.83. The number of aryl methyl sites for hydroxylation is 2. The molecule has 3 rings (SSSR count). The van der Waals surface area contributed by atoms with Crippen molar-refractivity contribution >= 4 is 23.5 Å². The van der Waals surface area contributed by atoms with Gasteiger partial charge in [-0.25, -0.2) is 0 Å². The predicted octanol–water partition coefficient (Wildman–Crippen LogP) is 1.67. The van der Waals surface area contributed by atoms with Gasteiger partial charge in [0.1, 0.15) is 0 Å². The second-order valence-electron chi connectivity index (χ2n) is 6.81. The molecule has 6 heteroatoms. The summed E-state index contributed by atoms with van der Waals surface area (Å²) in [6, 6.07) is 4.08. The normalized spacial score (nSPS) is 20.4. The molecule has 0 atom stereocenters. The number of aromatic nitrogens is 2. The minimum absolute atomic E-state index is 0.372. The SMILES string of the molecule is Cc1ccc(B2OC(C)(C)C(C)(C)O2)c2c1c(C)nn2N. The zero-order chi connectivity index (χ0) is 15.6. The highest BCUT2D eigenvalue weighted by Gasteiger charge is 2.52. The quantitative estimate of drug-likeness (QED) is 0.640. The molecule has 1 aromatic carbocycles. The fourth-order valence-corrected chi connectivity index (χ4v) is 2.83. The lowest BCUT2D eigenvalue weighted by atomic mass is 9.77. The molecule has 1 aromatic heterocycles. The molecular weight excluding hydrogens is 265 g/mol. The van der Waals surface area contributed by atoms with E-state index in [4.69, 9.17) is 15.2 Å². The summed E-state index contributed by atoms with van der Waals surface area (Å²) in [7, 11) is -0.434. The molecule has 112 valence electrons. The van der Waals surface area contributed by atoms with E-state index in [-0.39, 0.29) is 11.2 Å². The topological polar surface area (TPSA) is 62.3 Å². The van der Waals surface area contributed by atoms with Gasteiger partial charge in [-0.2, -0.15) is 9.89 Å². The van der Waals surface area contributed by atoms with E-state index in [1.165, 1.54) is 4.79 Å². The fraction of sp³-hybridized carbons (Fsp3) is 0.533. The summed E-state index contributed by atoms with van der Waals surface area (Å²) in [4.78, 5) is 1.43. The summed E-state index contributed by atoms with van der Waals surface area (Å²) < 4.78 is 12.3. The molecule has 21 heavy (non-hydrogen) atoms. The van der Waals surface area contributed by atoms with E-state index in [1.54, 1.807) is 0 Å². The molecule has 2 aromatic rings. The standard InChI is InChI=1S/C15H22BN3O2/c1-9-7-8-11(13-12(9)10(2)18-19(13)17)16-20-14(3,4)15(5,6)21-16/h7-8H,17H2,1-6H3. The summed E-state index contributed by atoms with van der Waals surface area (Å²) in [5, 5.41) is 5.41. The van der Waals surface area contributed by atoms with Gasteiger partial charge in [0.2, 0.25) is 0 Å². The number of benzene rings is 1. The van der Waals surface area contributed by atoms with Crippen molar-refractivity contribution in [3.63, 3.8) is 0 Å². The molecule has 5 nitrogen and oxygen atoms in total. The van der Waals surface area contributed by atoms with Crippen LogP contribution in [0.4, 0.5) is 0 Å². The first-order chi connectivity index (χ1) is 9.64. The summed E-state index contributed by atoms with van der Waals surface area (Å²) in [6.07, 6.45) is 0. The molecule has 1 fully saturated rings. The summed E-state index contributed by atoms with van der Waals surface area (Å²) in [6.45, 7) is 12.2. The molecule has 0 radical (unpaired) electrons. The average molecular weight is 287 g/mol. The molecule has 0 spiro atoms. The Morgan fingerprint density at radius 2 is 1.67 bits per heavy atom. The van der Waals surface area contributed by atoms with Gasteiger partial charge in [-0.1, -0.05) is 12.1 Å². The van der Waals surface area contributed by atoms with E-state index in [0.29, 0.717) is 0 Å². The first-order valence-corrected chi connectivity index (χ1v) is 7.23. The molecule has 0 bridgehead atoms. The van der Waals surface area contributed by atoms with Gasteiger partial charge in [-0.3, -0.25) is 0 Å². The number of nitrogen functional groups attached to an aromatic ring is 1. The van der Waals surface area contributed by atoms with Gasteiger partial charge < -0.3 is 15.2 Å². The van der Waals surface area contributed by atoms with Crippen LogP contribution in [-0.2, 0) is 9.31 Å². The van der Waals surface area contributed by atoms with Gasteiger partial charge in [-0.15, -0.1) is 0 Å². The molecule has 0 aliphatic carbocycles.